The van der Waals surface area contributed by atoms with Gasteiger partial charge >= 0.3 is 17.9 Å². The zero-order valence-corrected chi connectivity index (χ0v) is 44.8. The molecule has 0 radical (unpaired) electrons. The molecule has 0 bridgehead atoms. The van der Waals surface area contributed by atoms with E-state index in [-0.39, 0.29) is 60.1 Å². The van der Waals surface area contributed by atoms with Gasteiger partial charge in [-0.3, -0.25) is 14.4 Å². The van der Waals surface area contributed by atoms with Crippen molar-refractivity contribution in [3.05, 3.63) is 36.5 Å². The van der Waals surface area contributed by atoms with Gasteiger partial charge in [0.1, 0.15) is 0 Å². The van der Waals surface area contributed by atoms with E-state index in [2.05, 4.69) is 57.2 Å². The number of unbranched alkanes of at least 4 members (excludes halogenated alkanes) is 24. The van der Waals surface area contributed by atoms with Gasteiger partial charge in [-0.25, -0.2) is 0 Å². The predicted octanol–water partition coefficient (Wildman–Crippen LogP) is 15.2. The second-order valence-corrected chi connectivity index (χ2v) is 17.7. The number of hydrogen-bond donors (Lipinski definition) is 6. The number of rotatable bonds is 45. The Morgan fingerprint density at radius 3 is 0.781 bits per heavy atom. The van der Waals surface area contributed by atoms with Gasteiger partial charge in [-0.05, 0) is 96.3 Å². The summed E-state index contributed by atoms with van der Waals surface area (Å²) < 4.78 is 0. The van der Waals surface area contributed by atoms with Crippen LogP contribution < -0.4 is 0 Å². The predicted molar refractivity (Wildman–Crippen MR) is 265 cm³/mol. The summed E-state index contributed by atoms with van der Waals surface area (Å²) in [6.45, 7) is 6.60. The number of aliphatic hydroxyl groups excluding tert-OH is 3. The van der Waals surface area contributed by atoms with E-state index in [1.807, 2.05) is 0 Å². The van der Waals surface area contributed by atoms with Crippen molar-refractivity contribution in [3.63, 3.8) is 0 Å². The average molecular weight is 1040 g/mol. The van der Waals surface area contributed by atoms with E-state index in [0.717, 1.165) is 154 Å². The van der Waals surface area contributed by atoms with E-state index in [9.17, 15) is 29.7 Å². The van der Waals surface area contributed by atoms with E-state index in [0.29, 0.717) is 19.3 Å². The molecule has 0 saturated carbocycles. The SMILES string of the molecule is CCCCCC[C@@H](O)C/C=C\CCCCCCCC(=O)O.CCCCCC[C@@H](O)C/C=C\CCCCCCCC(=O)O.CCCCCC[C@@H](O)C/C=C\CCCCCCCC(=O)O.[Ce]. The Morgan fingerprint density at radius 2 is 0.547 bits per heavy atom. The molecule has 0 aromatic rings. The normalized spacial score (nSPS) is 12.7. The Balaban J connectivity index is -0.000000419. The van der Waals surface area contributed by atoms with Gasteiger partial charge in [-0.15, -0.1) is 0 Å². The zero-order valence-electron chi connectivity index (χ0n) is 41.7. The number of hydrogen-bond acceptors (Lipinski definition) is 6. The summed E-state index contributed by atoms with van der Waals surface area (Å²) >= 11 is 0. The van der Waals surface area contributed by atoms with Crippen molar-refractivity contribution in [3.8, 4) is 0 Å². The Hall–Kier alpha value is -1.11. The summed E-state index contributed by atoms with van der Waals surface area (Å²) in [6.07, 6.45) is 52.1. The summed E-state index contributed by atoms with van der Waals surface area (Å²) in [5.74, 6) is -2.07. The molecule has 0 rings (SSSR count). The quantitative estimate of drug-likeness (QED) is 0.0256. The first-order chi connectivity index (χ1) is 30.5. The van der Waals surface area contributed by atoms with Crippen LogP contribution in [0.15, 0.2) is 36.5 Å². The Labute approximate surface area is 427 Å². The molecule has 0 aromatic heterocycles. The largest absolute Gasteiger partial charge is 0.481 e. The molecular weight excluding hydrogens is 933 g/mol. The maximum atomic E-state index is 10.3. The van der Waals surface area contributed by atoms with Crippen molar-refractivity contribution in [1.82, 2.24) is 0 Å². The molecular formula is C54H102CeO9. The fourth-order valence-corrected chi connectivity index (χ4v) is 7.09. The fraction of sp³-hybridized carbons (Fsp3) is 0.833. The zero-order chi connectivity index (χ0) is 47.3. The molecule has 10 heteroatoms. The van der Waals surface area contributed by atoms with Crippen LogP contribution in [-0.4, -0.2) is 66.9 Å². The summed E-state index contributed by atoms with van der Waals surface area (Å²) in [7, 11) is 0. The molecule has 0 unspecified atom stereocenters. The van der Waals surface area contributed by atoms with Gasteiger partial charge in [0.15, 0.2) is 0 Å². The molecule has 0 aliphatic carbocycles. The Morgan fingerprint density at radius 1 is 0.328 bits per heavy atom. The summed E-state index contributed by atoms with van der Waals surface area (Å²) in [6, 6.07) is 0. The minimum absolute atomic E-state index is 0. The van der Waals surface area contributed by atoms with Crippen LogP contribution in [0.4, 0.5) is 0 Å². The van der Waals surface area contributed by atoms with Gasteiger partial charge in [0.05, 0.1) is 18.3 Å². The molecule has 0 fully saturated rings. The van der Waals surface area contributed by atoms with E-state index in [1.54, 1.807) is 0 Å². The van der Waals surface area contributed by atoms with Crippen LogP contribution in [0, 0.1) is 41.7 Å². The van der Waals surface area contributed by atoms with Crippen LogP contribution in [0.25, 0.3) is 0 Å². The van der Waals surface area contributed by atoms with Gasteiger partial charge in [0.2, 0.25) is 0 Å². The molecule has 0 saturated heterocycles. The monoisotopic (exact) mass is 1030 g/mol. The first-order valence-corrected chi connectivity index (χ1v) is 26.1. The van der Waals surface area contributed by atoms with E-state index < -0.39 is 17.9 Å². The second kappa shape index (κ2) is 59.9. The standard InChI is InChI=1S/3C18H34O3.Ce/c3*1-2-3-4-11-14-17(19)15-12-9-7-5-6-8-10-13-16-18(20)21;/h3*9,12,17,19H,2-8,10-11,13-16H2,1H3,(H,20,21);/b3*12-9-;/t3*17-;/m111./s1. The maximum absolute atomic E-state index is 10.3. The third-order valence-electron chi connectivity index (χ3n) is 11.2. The minimum atomic E-state index is -0.689. The van der Waals surface area contributed by atoms with Crippen LogP contribution in [0.1, 0.15) is 271 Å². The van der Waals surface area contributed by atoms with Crippen LogP contribution in [-0.2, 0) is 14.4 Å². The molecule has 376 valence electrons. The van der Waals surface area contributed by atoms with Crippen molar-refractivity contribution < 1.29 is 86.8 Å². The van der Waals surface area contributed by atoms with Gasteiger partial charge in [-0.1, -0.05) is 192 Å². The van der Waals surface area contributed by atoms with Gasteiger partial charge in [0.25, 0.3) is 0 Å². The minimum Gasteiger partial charge on any atom is -0.481 e. The molecule has 64 heavy (non-hydrogen) atoms. The molecule has 0 heterocycles. The van der Waals surface area contributed by atoms with E-state index >= 15 is 0 Å². The molecule has 0 aliphatic heterocycles. The number of aliphatic hydroxyl groups is 3. The van der Waals surface area contributed by atoms with Crippen LogP contribution in [0.3, 0.4) is 0 Å². The van der Waals surface area contributed by atoms with Gasteiger partial charge < -0.3 is 30.6 Å². The van der Waals surface area contributed by atoms with E-state index in [1.165, 1.54) is 77.0 Å². The molecule has 6 N–H and O–H groups in total. The third kappa shape index (κ3) is 69.9. The summed E-state index contributed by atoms with van der Waals surface area (Å²) in [4.78, 5) is 31.0. The van der Waals surface area contributed by atoms with E-state index in [4.69, 9.17) is 15.3 Å². The number of carbonyl (C=O) groups is 3. The summed E-state index contributed by atoms with van der Waals surface area (Å²) in [5.41, 5.74) is 0. The van der Waals surface area contributed by atoms with Crippen LogP contribution in [0.5, 0.6) is 0 Å². The summed E-state index contributed by atoms with van der Waals surface area (Å²) in [5, 5.41) is 54.9. The average Bonchev–Trinajstić information content (AvgIpc) is 3.24. The number of allylic oxidation sites excluding steroid dienone is 3. The molecule has 0 spiro atoms. The molecule has 3 atom stereocenters. The third-order valence-corrected chi connectivity index (χ3v) is 11.2. The molecule has 9 nitrogen and oxygen atoms in total. The second-order valence-electron chi connectivity index (χ2n) is 17.7. The first-order valence-electron chi connectivity index (χ1n) is 26.1. The number of aliphatic carboxylic acids is 3. The smallest absolute Gasteiger partial charge is 0.303 e. The maximum Gasteiger partial charge on any atom is 0.303 e. The first kappa shape index (κ1) is 69.5. The molecule has 0 amide bonds. The van der Waals surface area contributed by atoms with Crippen LogP contribution in [0.2, 0.25) is 0 Å². The van der Waals surface area contributed by atoms with Crippen molar-refractivity contribution in [1.29, 1.82) is 0 Å². The molecule has 0 aliphatic rings. The number of carboxylic acid groups (broad SMARTS) is 3. The van der Waals surface area contributed by atoms with Gasteiger partial charge in [0, 0.05) is 61.0 Å². The Kier molecular flexibility index (Phi) is 65.0. The van der Waals surface area contributed by atoms with Crippen molar-refractivity contribution >= 4 is 17.9 Å². The topological polar surface area (TPSA) is 173 Å². The number of carboxylic acids is 3. The fourth-order valence-electron chi connectivity index (χ4n) is 7.09. The van der Waals surface area contributed by atoms with Crippen LogP contribution >= 0.6 is 0 Å². The van der Waals surface area contributed by atoms with Gasteiger partial charge in [-0.2, -0.15) is 0 Å². The Bertz CT molecular complexity index is 919. The van der Waals surface area contributed by atoms with Crippen molar-refractivity contribution in [2.24, 2.45) is 0 Å². The van der Waals surface area contributed by atoms with Crippen molar-refractivity contribution in [2.75, 3.05) is 0 Å². The molecule has 0 aromatic carbocycles. The van der Waals surface area contributed by atoms with Crippen molar-refractivity contribution in [2.45, 2.75) is 289 Å².